The Morgan fingerprint density at radius 3 is 2.52 bits per heavy atom. The lowest BCUT2D eigenvalue weighted by Gasteiger charge is -2.33. The molecule has 124 valence electrons. The SMILES string of the molecule is Cc1cc(Cc2cccc(N3CCC(S(C)(=O)=O)CC3)c2)co1. The van der Waals surface area contributed by atoms with Crippen LogP contribution in [0.2, 0.25) is 0 Å². The van der Waals surface area contributed by atoms with Gasteiger partial charge in [-0.15, -0.1) is 0 Å². The van der Waals surface area contributed by atoms with Gasteiger partial charge >= 0.3 is 0 Å². The highest BCUT2D eigenvalue weighted by molar-refractivity contribution is 7.91. The second-order valence-corrected chi connectivity index (χ2v) is 8.75. The minimum absolute atomic E-state index is 0.184. The average molecular weight is 333 g/mol. The Morgan fingerprint density at radius 2 is 1.91 bits per heavy atom. The molecule has 1 saturated heterocycles. The van der Waals surface area contributed by atoms with Crippen LogP contribution in [0.1, 0.15) is 29.7 Å². The third-order valence-electron chi connectivity index (χ3n) is 4.52. The van der Waals surface area contributed by atoms with Gasteiger partial charge in [-0.25, -0.2) is 8.42 Å². The topological polar surface area (TPSA) is 50.5 Å². The molecule has 0 saturated carbocycles. The number of piperidine rings is 1. The maximum Gasteiger partial charge on any atom is 0.150 e. The molecule has 3 rings (SSSR count). The lowest BCUT2D eigenvalue weighted by Crippen LogP contribution is -2.39. The van der Waals surface area contributed by atoms with Gasteiger partial charge in [0.05, 0.1) is 11.5 Å². The van der Waals surface area contributed by atoms with Crippen molar-refractivity contribution >= 4 is 15.5 Å². The Morgan fingerprint density at radius 1 is 1.17 bits per heavy atom. The summed E-state index contributed by atoms with van der Waals surface area (Å²) in [4.78, 5) is 2.28. The second kappa shape index (κ2) is 6.40. The number of aryl methyl sites for hydroxylation is 1. The van der Waals surface area contributed by atoms with E-state index in [1.165, 1.54) is 23.1 Å². The van der Waals surface area contributed by atoms with Crippen LogP contribution in [0.25, 0.3) is 0 Å². The molecule has 0 aliphatic carbocycles. The van der Waals surface area contributed by atoms with E-state index in [-0.39, 0.29) is 5.25 Å². The molecule has 0 atom stereocenters. The molecular formula is C18H23NO3S. The molecule has 1 aliphatic rings. The zero-order valence-electron chi connectivity index (χ0n) is 13.7. The van der Waals surface area contributed by atoms with Crippen molar-refractivity contribution < 1.29 is 12.8 Å². The molecule has 1 fully saturated rings. The van der Waals surface area contributed by atoms with Crippen molar-refractivity contribution in [1.82, 2.24) is 0 Å². The summed E-state index contributed by atoms with van der Waals surface area (Å²) < 4.78 is 28.7. The molecule has 4 nitrogen and oxygen atoms in total. The highest BCUT2D eigenvalue weighted by Gasteiger charge is 2.26. The van der Waals surface area contributed by atoms with E-state index in [9.17, 15) is 8.42 Å². The summed E-state index contributed by atoms with van der Waals surface area (Å²) in [6, 6.07) is 10.5. The molecule has 1 aliphatic heterocycles. The first-order valence-electron chi connectivity index (χ1n) is 7.98. The number of furan rings is 1. The summed E-state index contributed by atoms with van der Waals surface area (Å²) in [5.41, 5.74) is 3.60. The lowest BCUT2D eigenvalue weighted by molar-refractivity contribution is 0.532. The van der Waals surface area contributed by atoms with Crippen LogP contribution in [0.5, 0.6) is 0 Å². The second-order valence-electron chi connectivity index (χ2n) is 6.43. The zero-order valence-corrected chi connectivity index (χ0v) is 14.5. The summed E-state index contributed by atoms with van der Waals surface area (Å²) >= 11 is 0. The number of sulfone groups is 1. The van der Waals surface area contributed by atoms with Gasteiger partial charge in [-0.1, -0.05) is 12.1 Å². The van der Waals surface area contributed by atoms with Gasteiger partial charge in [0.15, 0.2) is 0 Å². The highest BCUT2D eigenvalue weighted by Crippen LogP contribution is 2.25. The lowest BCUT2D eigenvalue weighted by atomic mass is 10.0. The summed E-state index contributed by atoms with van der Waals surface area (Å²) in [5, 5.41) is -0.184. The Labute approximate surface area is 138 Å². The van der Waals surface area contributed by atoms with E-state index in [0.717, 1.165) is 25.3 Å². The fourth-order valence-electron chi connectivity index (χ4n) is 3.23. The maximum atomic E-state index is 11.7. The van der Waals surface area contributed by atoms with E-state index in [4.69, 9.17) is 4.42 Å². The third kappa shape index (κ3) is 3.96. The Hall–Kier alpha value is -1.75. The van der Waals surface area contributed by atoms with Crippen LogP contribution < -0.4 is 4.90 Å². The summed E-state index contributed by atoms with van der Waals surface area (Å²) in [7, 11) is -2.92. The van der Waals surface area contributed by atoms with Gasteiger partial charge in [0, 0.05) is 31.5 Å². The molecule has 1 aromatic heterocycles. The van der Waals surface area contributed by atoms with Crippen LogP contribution >= 0.6 is 0 Å². The number of hydrogen-bond acceptors (Lipinski definition) is 4. The van der Waals surface area contributed by atoms with Gasteiger partial charge < -0.3 is 9.32 Å². The largest absolute Gasteiger partial charge is 0.469 e. The fourth-order valence-corrected chi connectivity index (χ4v) is 4.30. The monoisotopic (exact) mass is 333 g/mol. The predicted octanol–water partition coefficient (Wildman–Crippen LogP) is 3.19. The normalized spacial score (nSPS) is 16.7. The fraction of sp³-hybridized carbons (Fsp3) is 0.444. The molecule has 0 spiro atoms. The zero-order chi connectivity index (χ0) is 16.4. The first-order valence-corrected chi connectivity index (χ1v) is 9.94. The predicted molar refractivity (Wildman–Crippen MR) is 92.8 cm³/mol. The van der Waals surface area contributed by atoms with Crippen LogP contribution in [0.4, 0.5) is 5.69 Å². The number of anilines is 1. The van der Waals surface area contributed by atoms with Crippen molar-refractivity contribution in [2.75, 3.05) is 24.2 Å². The van der Waals surface area contributed by atoms with Crippen molar-refractivity contribution in [3.63, 3.8) is 0 Å². The molecule has 5 heteroatoms. The Balaban J connectivity index is 1.68. The molecule has 0 amide bonds. The molecule has 0 unspecified atom stereocenters. The number of benzene rings is 1. The average Bonchev–Trinajstić information content (AvgIpc) is 2.92. The van der Waals surface area contributed by atoms with Crippen LogP contribution in [0.3, 0.4) is 0 Å². The van der Waals surface area contributed by atoms with E-state index < -0.39 is 9.84 Å². The quantitative estimate of drug-likeness (QED) is 0.862. The van der Waals surface area contributed by atoms with E-state index in [1.54, 1.807) is 6.26 Å². The van der Waals surface area contributed by atoms with Crippen LogP contribution in [-0.4, -0.2) is 33.0 Å². The molecule has 0 N–H and O–H groups in total. The standard InChI is InChI=1S/C18H23NO3S/c1-14-10-16(13-22-14)11-15-4-3-5-17(12-15)19-8-6-18(7-9-19)23(2,20)21/h3-5,10,12-13,18H,6-9,11H2,1-2H3. The van der Waals surface area contributed by atoms with Crippen LogP contribution in [-0.2, 0) is 16.3 Å². The molecule has 0 radical (unpaired) electrons. The van der Waals surface area contributed by atoms with Gasteiger partial charge in [0.2, 0.25) is 0 Å². The van der Waals surface area contributed by atoms with E-state index >= 15 is 0 Å². The van der Waals surface area contributed by atoms with Crippen molar-refractivity contribution in [3.8, 4) is 0 Å². The number of nitrogens with zero attached hydrogens (tertiary/aromatic N) is 1. The molecular weight excluding hydrogens is 310 g/mol. The van der Waals surface area contributed by atoms with Crippen molar-refractivity contribution in [2.45, 2.75) is 31.4 Å². The molecule has 0 bridgehead atoms. The molecule has 2 heterocycles. The van der Waals surface area contributed by atoms with Crippen LogP contribution in [0.15, 0.2) is 41.0 Å². The van der Waals surface area contributed by atoms with Crippen LogP contribution in [0, 0.1) is 6.92 Å². The van der Waals surface area contributed by atoms with Gasteiger partial charge in [-0.05, 0) is 49.1 Å². The minimum atomic E-state index is -2.92. The molecule has 23 heavy (non-hydrogen) atoms. The van der Waals surface area contributed by atoms with Gasteiger partial charge in [-0.3, -0.25) is 0 Å². The number of hydrogen-bond donors (Lipinski definition) is 0. The Kier molecular flexibility index (Phi) is 4.48. The van der Waals surface area contributed by atoms with Gasteiger partial charge in [0.25, 0.3) is 0 Å². The van der Waals surface area contributed by atoms with Gasteiger partial charge in [-0.2, -0.15) is 0 Å². The molecule has 2 aromatic rings. The summed E-state index contributed by atoms with van der Waals surface area (Å²) in [6.07, 6.45) is 5.43. The van der Waals surface area contributed by atoms with E-state index in [2.05, 4.69) is 35.2 Å². The summed E-state index contributed by atoms with van der Waals surface area (Å²) in [6.45, 7) is 3.55. The maximum absolute atomic E-state index is 11.7. The van der Waals surface area contributed by atoms with Gasteiger partial charge in [0.1, 0.15) is 15.6 Å². The Bertz CT molecular complexity index is 771. The van der Waals surface area contributed by atoms with Crippen molar-refractivity contribution in [1.29, 1.82) is 0 Å². The van der Waals surface area contributed by atoms with E-state index in [0.29, 0.717) is 12.8 Å². The van der Waals surface area contributed by atoms with E-state index in [1.807, 2.05) is 6.92 Å². The first kappa shape index (κ1) is 16.1. The third-order valence-corrected chi connectivity index (χ3v) is 6.20. The van der Waals surface area contributed by atoms with Crippen molar-refractivity contribution in [3.05, 3.63) is 53.5 Å². The minimum Gasteiger partial charge on any atom is -0.469 e. The first-order chi connectivity index (χ1) is 10.9. The highest BCUT2D eigenvalue weighted by atomic mass is 32.2. The summed E-state index contributed by atoms with van der Waals surface area (Å²) in [5.74, 6) is 0.930. The van der Waals surface area contributed by atoms with Crippen molar-refractivity contribution in [2.24, 2.45) is 0 Å². The number of rotatable bonds is 4. The molecule has 1 aromatic carbocycles. The smallest absolute Gasteiger partial charge is 0.150 e.